The summed E-state index contributed by atoms with van der Waals surface area (Å²) in [5.74, 6) is 0. The summed E-state index contributed by atoms with van der Waals surface area (Å²) in [4.78, 5) is 15.1. The number of rotatable bonds is 4. The lowest BCUT2D eigenvalue weighted by Crippen LogP contribution is -2.50. The van der Waals surface area contributed by atoms with Crippen molar-refractivity contribution in [2.75, 3.05) is 37.6 Å². The lowest BCUT2D eigenvalue weighted by Gasteiger charge is -2.36. The number of piperazine rings is 1. The fourth-order valence-electron chi connectivity index (χ4n) is 2.18. The fraction of sp³-hybridized carbons (Fsp3) is 0.462. The van der Waals surface area contributed by atoms with E-state index in [9.17, 15) is 4.79 Å². The number of halogens is 3. The van der Waals surface area contributed by atoms with E-state index >= 15 is 0 Å². The molecule has 0 amide bonds. The van der Waals surface area contributed by atoms with Gasteiger partial charge >= 0.3 is 0 Å². The first kappa shape index (κ1) is 19.5. The van der Waals surface area contributed by atoms with Crippen molar-refractivity contribution in [1.82, 2.24) is 4.90 Å². The third kappa shape index (κ3) is 5.46. The first-order valence-electron chi connectivity index (χ1n) is 6.13. The summed E-state index contributed by atoms with van der Waals surface area (Å²) >= 11 is 5.87. The van der Waals surface area contributed by atoms with Crippen molar-refractivity contribution in [3.63, 3.8) is 0 Å². The summed E-state index contributed by atoms with van der Waals surface area (Å²) in [7, 11) is 0. The van der Waals surface area contributed by atoms with Crippen molar-refractivity contribution in [2.45, 2.75) is 6.04 Å². The molecule has 1 fully saturated rings. The van der Waals surface area contributed by atoms with Crippen LogP contribution in [0.1, 0.15) is 0 Å². The van der Waals surface area contributed by atoms with E-state index in [-0.39, 0.29) is 30.9 Å². The smallest absolute Gasteiger partial charge is 0.137 e. The number of benzene rings is 1. The fourth-order valence-corrected chi connectivity index (χ4v) is 2.31. The van der Waals surface area contributed by atoms with Gasteiger partial charge in [0.1, 0.15) is 6.29 Å². The van der Waals surface area contributed by atoms with Gasteiger partial charge in [-0.05, 0) is 24.3 Å². The normalized spacial score (nSPS) is 16.8. The van der Waals surface area contributed by atoms with Gasteiger partial charge in [-0.25, -0.2) is 0 Å². The maximum absolute atomic E-state index is 10.5. The van der Waals surface area contributed by atoms with E-state index in [1.165, 1.54) is 5.69 Å². The maximum Gasteiger partial charge on any atom is 0.137 e. The van der Waals surface area contributed by atoms with Crippen LogP contribution in [0.25, 0.3) is 0 Å². The van der Waals surface area contributed by atoms with Crippen LogP contribution in [0.3, 0.4) is 0 Å². The number of nitrogens with two attached hydrogens (primary N) is 1. The van der Waals surface area contributed by atoms with Crippen molar-refractivity contribution < 1.29 is 4.79 Å². The van der Waals surface area contributed by atoms with Crippen LogP contribution in [-0.4, -0.2) is 50.0 Å². The van der Waals surface area contributed by atoms with Gasteiger partial charge in [0.15, 0.2) is 0 Å². The highest BCUT2D eigenvalue weighted by atomic mass is 35.5. The SMILES string of the molecule is Cl.Cl.N[C@H](C=O)CN1CCN(c2ccc(Cl)cc2)CC1. The number of hydrogen-bond acceptors (Lipinski definition) is 4. The second kappa shape index (κ2) is 9.42. The Morgan fingerprint density at radius 3 is 2.20 bits per heavy atom. The molecule has 1 aliphatic heterocycles. The number of nitrogens with zero attached hydrogens (tertiary/aromatic N) is 2. The first-order valence-corrected chi connectivity index (χ1v) is 6.50. The van der Waals surface area contributed by atoms with Gasteiger partial charge in [0.05, 0.1) is 6.04 Å². The van der Waals surface area contributed by atoms with Gasteiger partial charge in [-0.15, -0.1) is 24.8 Å². The van der Waals surface area contributed by atoms with E-state index in [2.05, 4.69) is 9.80 Å². The van der Waals surface area contributed by atoms with E-state index in [1.807, 2.05) is 24.3 Å². The van der Waals surface area contributed by atoms with Crippen LogP contribution in [0, 0.1) is 0 Å². The quantitative estimate of drug-likeness (QED) is 0.850. The minimum absolute atomic E-state index is 0. The molecule has 114 valence electrons. The number of aldehydes is 1. The topological polar surface area (TPSA) is 49.6 Å². The molecule has 1 aromatic carbocycles. The van der Waals surface area contributed by atoms with Gasteiger partial charge in [-0.1, -0.05) is 11.6 Å². The molecule has 2 rings (SSSR count). The van der Waals surface area contributed by atoms with E-state index in [0.29, 0.717) is 6.54 Å². The summed E-state index contributed by atoms with van der Waals surface area (Å²) in [6.07, 6.45) is 0.811. The predicted octanol–water partition coefficient (Wildman–Crippen LogP) is 1.83. The van der Waals surface area contributed by atoms with Crippen LogP contribution in [0.5, 0.6) is 0 Å². The summed E-state index contributed by atoms with van der Waals surface area (Å²) < 4.78 is 0. The Balaban J connectivity index is 0.00000180. The monoisotopic (exact) mass is 339 g/mol. The van der Waals surface area contributed by atoms with E-state index < -0.39 is 0 Å². The Morgan fingerprint density at radius 1 is 1.15 bits per heavy atom. The van der Waals surface area contributed by atoms with Gasteiger partial charge in [-0.2, -0.15) is 0 Å². The molecule has 20 heavy (non-hydrogen) atoms. The van der Waals surface area contributed by atoms with Crippen LogP contribution in [0.2, 0.25) is 5.02 Å². The second-order valence-electron chi connectivity index (χ2n) is 4.56. The molecule has 0 radical (unpaired) electrons. The van der Waals surface area contributed by atoms with Crippen molar-refractivity contribution in [2.24, 2.45) is 5.73 Å². The molecular weight excluding hydrogens is 321 g/mol. The van der Waals surface area contributed by atoms with Crippen LogP contribution >= 0.6 is 36.4 Å². The predicted molar refractivity (Wildman–Crippen MR) is 88.6 cm³/mol. The number of anilines is 1. The van der Waals surface area contributed by atoms with Gasteiger partial charge in [0.25, 0.3) is 0 Å². The molecule has 1 saturated heterocycles. The molecule has 7 heteroatoms. The molecule has 0 unspecified atom stereocenters. The third-order valence-corrected chi connectivity index (χ3v) is 3.46. The van der Waals surface area contributed by atoms with Gasteiger partial charge in [-0.3, -0.25) is 4.90 Å². The highest BCUT2D eigenvalue weighted by Crippen LogP contribution is 2.19. The summed E-state index contributed by atoms with van der Waals surface area (Å²) in [6.45, 7) is 4.42. The van der Waals surface area contributed by atoms with Gasteiger partial charge < -0.3 is 15.4 Å². The Hall–Kier alpha value is -0.520. The maximum atomic E-state index is 10.5. The summed E-state index contributed by atoms with van der Waals surface area (Å²) in [5, 5.41) is 0.759. The third-order valence-electron chi connectivity index (χ3n) is 3.21. The Morgan fingerprint density at radius 2 is 1.70 bits per heavy atom. The molecule has 0 spiro atoms. The van der Waals surface area contributed by atoms with Crippen molar-refractivity contribution >= 4 is 48.4 Å². The van der Waals surface area contributed by atoms with Crippen LogP contribution in [0.4, 0.5) is 5.69 Å². The minimum atomic E-state index is -0.368. The Bertz CT molecular complexity index is 394. The average molecular weight is 341 g/mol. The lowest BCUT2D eigenvalue weighted by molar-refractivity contribution is -0.109. The van der Waals surface area contributed by atoms with Crippen LogP contribution in [0.15, 0.2) is 24.3 Å². The molecule has 1 atom stereocenters. The molecule has 0 aromatic heterocycles. The van der Waals surface area contributed by atoms with Crippen LogP contribution in [-0.2, 0) is 4.79 Å². The van der Waals surface area contributed by atoms with Crippen LogP contribution < -0.4 is 10.6 Å². The molecule has 0 saturated carbocycles. The molecule has 1 heterocycles. The zero-order valence-electron chi connectivity index (χ0n) is 11.1. The van der Waals surface area contributed by atoms with Crippen molar-refractivity contribution in [3.8, 4) is 0 Å². The molecule has 0 aliphatic carbocycles. The zero-order chi connectivity index (χ0) is 13.0. The molecular formula is C13H20Cl3N3O. The number of hydrogen-bond donors (Lipinski definition) is 1. The summed E-state index contributed by atoms with van der Waals surface area (Å²) in [6, 6.07) is 7.52. The highest BCUT2D eigenvalue weighted by molar-refractivity contribution is 6.30. The highest BCUT2D eigenvalue weighted by Gasteiger charge is 2.18. The minimum Gasteiger partial charge on any atom is -0.369 e. The van der Waals surface area contributed by atoms with Crippen molar-refractivity contribution in [3.05, 3.63) is 29.3 Å². The van der Waals surface area contributed by atoms with E-state index in [1.54, 1.807) is 0 Å². The standard InChI is InChI=1S/C13H18ClN3O.2ClH/c14-11-1-3-13(4-2-11)17-7-5-16(6-8-17)9-12(15)10-18;;/h1-4,10,12H,5-9,15H2;2*1H/t12-;;/m0../s1. The second-order valence-corrected chi connectivity index (χ2v) is 5.00. The number of carbonyl (C=O) groups excluding carboxylic acids is 1. The van der Waals surface area contributed by atoms with Gasteiger partial charge in [0.2, 0.25) is 0 Å². The zero-order valence-corrected chi connectivity index (χ0v) is 13.5. The van der Waals surface area contributed by atoms with E-state index in [0.717, 1.165) is 37.5 Å². The van der Waals surface area contributed by atoms with E-state index in [4.69, 9.17) is 17.3 Å². The average Bonchev–Trinajstić information content (AvgIpc) is 2.40. The molecule has 4 nitrogen and oxygen atoms in total. The molecule has 2 N–H and O–H groups in total. The van der Waals surface area contributed by atoms with Crippen molar-refractivity contribution in [1.29, 1.82) is 0 Å². The molecule has 1 aliphatic rings. The summed E-state index contributed by atoms with van der Waals surface area (Å²) in [5.41, 5.74) is 6.82. The first-order chi connectivity index (χ1) is 8.69. The lowest BCUT2D eigenvalue weighted by atomic mass is 10.2. The molecule has 0 bridgehead atoms. The molecule has 1 aromatic rings. The van der Waals surface area contributed by atoms with Gasteiger partial charge in [0, 0.05) is 43.4 Å². The Labute approximate surface area is 137 Å². The Kier molecular flexibility index (Phi) is 9.18. The number of carbonyl (C=O) groups is 1. The largest absolute Gasteiger partial charge is 0.369 e.